The molecule has 0 bridgehead atoms. The summed E-state index contributed by atoms with van der Waals surface area (Å²) in [6.07, 6.45) is 2.16. The van der Waals surface area contributed by atoms with Gasteiger partial charge in [0, 0.05) is 36.6 Å². The summed E-state index contributed by atoms with van der Waals surface area (Å²) in [4.78, 5) is 40.4. The van der Waals surface area contributed by atoms with E-state index in [0.29, 0.717) is 12.2 Å². The van der Waals surface area contributed by atoms with Crippen LogP contribution >= 0.6 is 0 Å². The third-order valence-electron chi connectivity index (χ3n) is 4.35. The lowest BCUT2D eigenvalue weighted by molar-refractivity contribution is -0.121. The predicted molar refractivity (Wildman–Crippen MR) is 106 cm³/mol. The van der Waals surface area contributed by atoms with Gasteiger partial charge in [0.25, 0.3) is 11.1 Å². The van der Waals surface area contributed by atoms with Gasteiger partial charge in [-0.15, -0.1) is 5.10 Å². The van der Waals surface area contributed by atoms with Crippen molar-refractivity contribution in [2.45, 2.75) is 40.3 Å². The van der Waals surface area contributed by atoms with Crippen LogP contribution in [-0.4, -0.2) is 41.6 Å². The van der Waals surface area contributed by atoms with Gasteiger partial charge in [0.15, 0.2) is 5.82 Å². The number of nitrogens with one attached hydrogen (secondary N) is 1. The third kappa shape index (κ3) is 4.84. The largest absolute Gasteiger partial charge is 0.353 e. The van der Waals surface area contributed by atoms with Crippen molar-refractivity contribution in [1.29, 1.82) is 0 Å². The van der Waals surface area contributed by atoms with Crippen LogP contribution < -0.4 is 16.4 Å². The minimum atomic E-state index is -0.388. The predicted octanol–water partition coefficient (Wildman–Crippen LogP) is -0.0187. The molecular formula is C19H23N7O3. The third-order valence-corrected chi connectivity index (χ3v) is 4.35. The maximum absolute atomic E-state index is 12.2. The Labute approximate surface area is 166 Å². The van der Waals surface area contributed by atoms with Gasteiger partial charge in [-0.1, -0.05) is 6.92 Å². The fourth-order valence-corrected chi connectivity index (χ4v) is 2.86. The van der Waals surface area contributed by atoms with Crippen LogP contribution in [0, 0.1) is 13.8 Å². The van der Waals surface area contributed by atoms with Crippen LogP contribution in [0.2, 0.25) is 0 Å². The molecule has 152 valence electrons. The summed E-state index contributed by atoms with van der Waals surface area (Å²) in [5.41, 5.74) is 1.88. The van der Waals surface area contributed by atoms with E-state index >= 15 is 0 Å². The van der Waals surface area contributed by atoms with Crippen LogP contribution in [0.25, 0.3) is 5.82 Å². The fourth-order valence-electron chi connectivity index (χ4n) is 2.86. The van der Waals surface area contributed by atoms with Gasteiger partial charge in [-0.3, -0.25) is 19.0 Å². The smallest absolute Gasteiger partial charge is 0.267 e. The Morgan fingerprint density at radius 3 is 2.55 bits per heavy atom. The SMILES string of the molecule is CCc1cc(=O)n(CCNC(=O)Cn2nc(-n3nc(C)cc3C)ccc2=O)cn1. The molecule has 0 radical (unpaired) electrons. The number of carbonyl (C=O) groups excluding carboxylic acids is 1. The number of hydrogen-bond donors (Lipinski definition) is 1. The number of amides is 1. The maximum Gasteiger partial charge on any atom is 0.267 e. The quantitative estimate of drug-likeness (QED) is 0.599. The number of aryl methyl sites for hydroxylation is 3. The van der Waals surface area contributed by atoms with E-state index in [9.17, 15) is 14.4 Å². The van der Waals surface area contributed by atoms with Crippen molar-refractivity contribution in [2.24, 2.45) is 0 Å². The van der Waals surface area contributed by atoms with Crippen LogP contribution in [-0.2, 0) is 24.3 Å². The van der Waals surface area contributed by atoms with E-state index < -0.39 is 0 Å². The highest BCUT2D eigenvalue weighted by Gasteiger charge is 2.10. The maximum atomic E-state index is 12.2. The normalized spacial score (nSPS) is 10.9. The Kier molecular flexibility index (Phi) is 6.01. The molecule has 0 aliphatic rings. The van der Waals surface area contributed by atoms with Crippen molar-refractivity contribution in [3.63, 3.8) is 0 Å². The molecule has 3 aromatic heterocycles. The van der Waals surface area contributed by atoms with E-state index in [1.807, 2.05) is 26.8 Å². The van der Waals surface area contributed by atoms with Gasteiger partial charge >= 0.3 is 0 Å². The summed E-state index contributed by atoms with van der Waals surface area (Å²) in [5, 5.41) is 11.3. The molecule has 0 aromatic carbocycles. The van der Waals surface area contributed by atoms with E-state index in [4.69, 9.17) is 0 Å². The molecule has 1 N–H and O–H groups in total. The first-order valence-electron chi connectivity index (χ1n) is 9.31. The minimum absolute atomic E-state index is 0.165. The lowest BCUT2D eigenvalue weighted by Crippen LogP contribution is -2.36. The molecule has 10 nitrogen and oxygen atoms in total. The standard InChI is InChI=1S/C19H23N7O3/c1-4-15-10-19(29)24(12-21-15)8-7-20-17(27)11-25-18(28)6-5-16(23-25)26-14(3)9-13(2)22-26/h5-6,9-10,12H,4,7-8,11H2,1-3H3,(H,20,27). The molecule has 0 spiro atoms. The van der Waals surface area contributed by atoms with Gasteiger partial charge in [0.2, 0.25) is 5.91 Å². The van der Waals surface area contributed by atoms with Crippen molar-refractivity contribution in [3.8, 4) is 5.82 Å². The molecule has 0 fully saturated rings. The van der Waals surface area contributed by atoms with Gasteiger partial charge in [-0.05, 0) is 32.4 Å². The van der Waals surface area contributed by atoms with Crippen LogP contribution in [0.5, 0.6) is 0 Å². The second kappa shape index (κ2) is 8.63. The van der Waals surface area contributed by atoms with Gasteiger partial charge in [0.1, 0.15) is 6.54 Å². The highest BCUT2D eigenvalue weighted by molar-refractivity contribution is 5.75. The Hall–Kier alpha value is -3.56. The fraction of sp³-hybridized carbons (Fsp3) is 0.368. The minimum Gasteiger partial charge on any atom is -0.353 e. The molecule has 0 aliphatic heterocycles. The second-order valence-electron chi connectivity index (χ2n) is 6.64. The molecule has 0 saturated carbocycles. The lowest BCUT2D eigenvalue weighted by atomic mass is 10.3. The summed E-state index contributed by atoms with van der Waals surface area (Å²) in [6.45, 7) is 5.96. The molecule has 0 saturated heterocycles. The lowest BCUT2D eigenvalue weighted by Gasteiger charge is -2.10. The molecule has 3 heterocycles. The van der Waals surface area contributed by atoms with Crippen molar-refractivity contribution in [1.82, 2.24) is 34.4 Å². The Morgan fingerprint density at radius 1 is 1.10 bits per heavy atom. The molecule has 1 amide bonds. The van der Waals surface area contributed by atoms with Gasteiger partial charge in [-0.2, -0.15) is 5.10 Å². The number of carbonyl (C=O) groups is 1. The zero-order valence-corrected chi connectivity index (χ0v) is 16.6. The average Bonchev–Trinajstić information content (AvgIpc) is 3.03. The van der Waals surface area contributed by atoms with Gasteiger partial charge in [-0.25, -0.2) is 14.3 Å². The molecule has 3 rings (SSSR count). The first-order chi connectivity index (χ1) is 13.9. The first-order valence-corrected chi connectivity index (χ1v) is 9.31. The summed E-state index contributed by atoms with van der Waals surface area (Å²) in [5.74, 6) is 0.0768. The number of aromatic nitrogens is 6. The number of nitrogens with zero attached hydrogens (tertiary/aromatic N) is 6. The van der Waals surface area contributed by atoms with Crippen molar-refractivity contribution in [2.75, 3.05) is 6.54 Å². The van der Waals surface area contributed by atoms with E-state index in [1.165, 1.54) is 23.0 Å². The van der Waals surface area contributed by atoms with E-state index in [2.05, 4.69) is 20.5 Å². The molecule has 0 atom stereocenters. The van der Waals surface area contributed by atoms with Gasteiger partial charge < -0.3 is 5.32 Å². The molecule has 0 aliphatic carbocycles. The second-order valence-corrected chi connectivity index (χ2v) is 6.64. The van der Waals surface area contributed by atoms with Crippen molar-refractivity contribution in [3.05, 3.63) is 68.4 Å². The number of hydrogen-bond acceptors (Lipinski definition) is 6. The molecule has 29 heavy (non-hydrogen) atoms. The van der Waals surface area contributed by atoms with E-state index in [1.54, 1.807) is 10.7 Å². The summed E-state index contributed by atoms with van der Waals surface area (Å²) >= 11 is 0. The van der Waals surface area contributed by atoms with Crippen molar-refractivity contribution < 1.29 is 4.79 Å². The number of rotatable bonds is 7. The summed E-state index contributed by atoms with van der Waals surface area (Å²) in [6, 6.07) is 6.30. The zero-order valence-electron chi connectivity index (χ0n) is 16.6. The monoisotopic (exact) mass is 397 g/mol. The molecule has 10 heteroatoms. The zero-order chi connectivity index (χ0) is 21.0. The van der Waals surface area contributed by atoms with Crippen LogP contribution in [0.1, 0.15) is 24.0 Å². The van der Waals surface area contributed by atoms with E-state index in [-0.39, 0.29) is 36.7 Å². The van der Waals surface area contributed by atoms with Crippen LogP contribution in [0.15, 0.2) is 40.2 Å². The topological polar surface area (TPSA) is 117 Å². The van der Waals surface area contributed by atoms with E-state index in [0.717, 1.165) is 21.8 Å². The Balaban J connectivity index is 1.63. The molecular weight excluding hydrogens is 374 g/mol. The Bertz CT molecular complexity index is 1140. The van der Waals surface area contributed by atoms with Crippen molar-refractivity contribution >= 4 is 5.91 Å². The average molecular weight is 397 g/mol. The van der Waals surface area contributed by atoms with Gasteiger partial charge in [0.05, 0.1) is 12.0 Å². The Morgan fingerprint density at radius 2 is 1.90 bits per heavy atom. The van der Waals surface area contributed by atoms with Crippen LogP contribution in [0.3, 0.4) is 0 Å². The summed E-state index contributed by atoms with van der Waals surface area (Å²) < 4.78 is 4.13. The summed E-state index contributed by atoms with van der Waals surface area (Å²) in [7, 11) is 0. The molecule has 3 aromatic rings. The first kappa shape index (κ1) is 20.2. The molecule has 0 unspecified atom stereocenters. The highest BCUT2D eigenvalue weighted by atomic mass is 16.2. The van der Waals surface area contributed by atoms with Crippen LogP contribution in [0.4, 0.5) is 0 Å². The highest BCUT2D eigenvalue weighted by Crippen LogP contribution is 2.07.